The van der Waals surface area contributed by atoms with Gasteiger partial charge in [0.2, 0.25) is 0 Å². The summed E-state index contributed by atoms with van der Waals surface area (Å²) in [6, 6.07) is 6.10. The van der Waals surface area contributed by atoms with E-state index in [1.54, 1.807) is 0 Å². The molecule has 0 saturated carbocycles. The maximum Gasteiger partial charge on any atom is 0.193 e. The zero-order valence-corrected chi connectivity index (χ0v) is 19.0. The Labute approximate surface area is 178 Å². The standard InChI is InChI=1S/C19H29N3O2S.HI/c1-14(2)17-13-22(8-11-25-17)19(20-3)21-12-15-6-4-7-16-18(15)24-10-5-9-23-16;/h4,6-7,14,17H,5,8-13H2,1-3H3,(H,20,21);1H. The van der Waals surface area contributed by atoms with Crippen LogP contribution in [0, 0.1) is 5.92 Å². The minimum absolute atomic E-state index is 0. The molecule has 26 heavy (non-hydrogen) atoms. The van der Waals surface area contributed by atoms with Crippen LogP contribution in [0.5, 0.6) is 11.5 Å². The van der Waals surface area contributed by atoms with Gasteiger partial charge in [-0.2, -0.15) is 11.8 Å². The van der Waals surface area contributed by atoms with Crippen LogP contribution >= 0.6 is 35.7 Å². The van der Waals surface area contributed by atoms with Crippen LogP contribution in [0.25, 0.3) is 0 Å². The molecule has 1 aromatic carbocycles. The summed E-state index contributed by atoms with van der Waals surface area (Å²) in [7, 11) is 1.86. The number of nitrogens with one attached hydrogen (secondary N) is 1. The Hall–Kier alpha value is -0.830. The molecule has 0 bridgehead atoms. The molecule has 1 atom stereocenters. The predicted molar refractivity (Wildman–Crippen MR) is 120 cm³/mol. The molecule has 146 valence electrons. The molecule has 1 aromatic rings. The molecule has 0 aliphatic carbocycles. The second kappa shape index (κ2) is 10.5. The van der Waals surface area contributed by atoms with Crippen LogP contribution in [0.2, 0.25) is 0 Å². The highest BCUT2D eigenvalue weighted by molar-refractivity contribution is 14.0. The summed E-state index contributed by atoms with van der Waals surface area (Å²) in [6.45, 7) is 8.80. The fraction of sp³-hybridized carbons (Fsp3) is 0.632. The summed E-state index contributed by atoms with van der Waals surface area (Å²) in [4.78, 5) is 6.88. The van der Waals surface area contributed by atoms with Crippen LogP contribution in [0.4, 0.5) is 0 Å². The maximum absolute atomic E-state index is 5.92. The SMILES string of the molecule is CN=C(NCc1cccc2c1OCCCO2)N1CCSC(C(C)C)C1.I. The number of nitrogens with zero attached hydrogens (tertiary/aromatic N) is 2. The third-order valence-electron chi connectivity index (χ3n) is 4.64. The van der Waals surface area contributed by atoms with E-state index in [-0.39, 0.29) is 24.0 Å². The summed E-state index contributed by atoms with van der Waals surface area (Å²) in [5.41, 5.74) is 1.12. The van der Waals surface area contributed by atoms with E-state index in [2.05, 4.69) is 46.9 Å². The van der Waals surface area contributed by atoms with Crippen molar-refractivity contribution in [3.63, 3.8) is 0 Å². The van der Waals surface area contributed by atoms with Crippen LogP contribution in [0.1, 0.15) is 25.8 Å². The van der Waals surface area contributed by atoms with Gasteiger partial charge in [0.15, 0.2) is 17.5 Å². The quantitative estimate of drug-likeness (QED) is 0.398. The highest BCUT2D eigenvalue weighted by Gasteiger charge is 2.25. The molecule has 0 amide bonds. The fourth-order valence-electron chi connectivity index (χ4n) is 3.17. The van der Waals surface area contributed by atoms with Crippen LogP contribution in [0.15, 0.2) is 23.2 Å². The summed E-state index contributed by atoms with van der Waals surface area (Å²) >= 11 is 2.08. The van der Waals surface area contributed by atoms with Crippen molar-refractivity contribution in [2.45, 2.75) is 32.1 Å². The molecule has 0 aromatic heterocycles. The second-order valence-corrected chi connectivity index (χ2v) is 8.14. The molecule has 2 aliphatic heterocycles. The molecule has 1 unspecified atom stereocenters. The van der Waals surface area contributed by atoms with E-state index in [4.69, 9.17) is 9.47 Å². The van der Waals surface area contributed by atoms with Crippen molar-refractivity contribution in [1.82, 2.24) is 10.2 Å². The lowest BCUT2D eigenvalue weighted by Crippen LogP contribution is -2.48. The molecular weight excluding hydrogens is 461 g/mol. The van der Waals surface area contributed by atoms with Gasteiger partial charge < -0.3 is 19.7 Å². The molecule has 3 rings (SSSR count). The number of para-hydroxylation sites is 1. The number of hydrogen-bond donors (Lipinski definition) is 1. The van der Waals surface area contributed by atoms with Gasteiger partial charge in [-0.25, -0.2) is 0 Å². The lowest BCUT2D eigenvalue weighted by molar-refractivity contribution is 0.296. The van der Waals surface area contributed by atoms with Gasteiger partial charge in [-0.1, -0.05) is 26.0 Å². The van der Waals surface area contributed by atoms with Crippen LogP contribution < -0.4 is 14.8 Å². The van der Waals surface area contributed by atoms with E-state index < -0.39 is 0 Å². The molecular formula is C19H30IN3O2S. The van der Waals surface area contributed by atoms with E-state index in [0.717, 1.165) is 48.3 Å². The topological polar surface area (TPSA) is 46.1 Å². The number of guanidine groups is 1. The Bertz CT molecular complexity index is 612. The van der Waals surface area contributed by atoms with E-state index in [9.17, 15) is 0 Å². The minimum Gasteiger partial charge on any atom is -0.490 e. The van der Waals surface area contributed by atoms with Crippen molar-refractivity contribution >= 4 is 41.7 Å². The number of fused-ring (bicyclic) bond motifs is 1. The smallest absolute Gasteiger partial charge is 0.193 e. The molecule has 0 spiro atoms. The number of rotatable bonds is 3. The summed E-state index contributed by atoms with van der Waals surface area (Å²) in [5.74, 6) is 4.53. The number of thioether (sulfide) groups is 1. The minimum atomic E-state index is 0. The van der Waals surface area contributed by atoms with Gasteiger partial charge in [0.1, 0.15) is 0 Å². The Morgan fingerprint density at radius 2 is 2.15 bits per heavy atom. The number of ether oxygens (including phenoxy) is 2. The van der Waals surface area contributed by atoms with Gasteiger partial charge >= 0.3 is 0 Å². The van der Waals surface area contributed by atoms with Gasteiger partial charge in [0.05, 0.1) is 13.2 Å². The zero-order valence-electron chi connectivity index (χ0n) is 15.9. The Balaban J connectivity index is 0.00000243. The number of halogens is 1. The molecule has 5 nitrogen and oxygen atoms in total. The molecule has 2 heterocycles. The highest BCUT2D eigenvalue weighted by atomic mass is 127. The van der Waals surface area contributed by atoms with E-state index in [0.29, 0.717) is 30.9 Å². The van der Waals surface area contributed by atoms with Crippen molar-refractivity contribution in [3.05, 3.63) is 23.8 Å². The van der Waals surface area contributed by atoms with Crippen molar-refractivity contribution in [2.24, 2.45) is 10.9 Å². The fourth-order valence-corrected chi connectivity index (χ4v) is 4.47. The Morgan fingerprint density at radius 1 is 1.35 bits per heavy atom. The van der Waals surface area contributed by atoms with Gasteiger partial charge in [0.25, 0.3) is 0 Å². The molecule has 0 radical (unpaired) electrons. The molecule has 2 aliphatic rings. The lowest BCUT2D eigenvalue weighted by Gasteiger charge is -2.36. The maximum atomic E-state index is 5.92. The molecule has 7 heteroatoms. The Kier molecular flexibility index (Phi) is 8.66. The first kappa shape index (κ1) is 21.5. The van der Waals surface area contributed by atoms with Crippen molar-refractivity contribution in [3.8, 4) is 11.5 Å². The molecule has 1 saturated heterocycles. The van der Waals surface area contributed by atoms with Crippen molar-refractivity contribution in [2.75, 3.05) is 39.1 Å². The largest absolute Gasteiger partial charge is 0.490 e. The van der Waals surface area contributed by atoms with Crippen molar-refractivity contribution < 1.29 is 9.47 Å². The van der Waals surface area contributed by atoms with Crippen LogP contribution in [0.3, 0.4) is 0 Å². The molecule has 1 N–H and O–H groups in total. The number of benzene rings is 1. The average Bonchev–Trinajstić information content (AvgIpc) is 2.88. The predicted octanol–water partition coefficient (Wildman–Crippen LogP) is 3.61. The van der Waals surface area contributed by atoms with Gasteiger partial charge in [-0.15, -0.1) is 24.0 Å². The third kappa shape index (κ3) is 5.34. The van der Waals surface area contributed by atoms with E-state index in [1.165, 1.54) is 0 Å². The summed E-state index contributed by atoms with van der Waals surface area (Å²) in [6.07, 6.45) is 0.922. The summed E-state index contributed by atoms with van der Waals surface area (Å²) in [5, 5.41) is 4.18. The second-order valence-electron chi connectivity index (χ2n) is 6.79. The first-order valence-electron chi connectivity index (χ1n) is 9.13. The van der Waals surface area contributed by atoms with Gasteiger partial charge in [-0.3, -0.25) is 4.99 Å². The number of aliphatic imine (C=N–C) groups is 1. The van der Waals surface area contributed by atoms with Gasteiger partial charge in [-0.05, 0) is 12.0 Å². The highest BCUT2D eigenvalue weighted by Crippen LogP contribution is 2.33. The monoisotopic (exact) mass is 491 g/mol. The van der Waals surface area contributed by atoms with E-state index in [1.807, 2.05) is 19.2 Å². The van der Waals surface area contributed by atoms with Crippen LogP contribution in [-0.2, 0) is 6.54 Å². The normalized spacial score (nSPS) is 20.4. The van der Waals surface area contributed by atoms with Gasteiger partial charge in [0, 0.05) is 49.7 Å². The van der Waals surface area contributed by atoms with Crippen molar-refractivity contribution in [1.29, 1.82) is 0 Å². The van der Waals surface area contributed by atoms with E-state index >= 15 is 0 Å². The zero-order chi connectivity index (χ0) is 17.6. The lowest BCUT2D eigenvalue weighted by atomic mass is 10.1. The first-order valence-corrected chi connectivity index (χ1v) is 10.2. The van der Waals surface area contributed by atoms with Crippen LogP contribution in [-0.4, -0.2) is 55.2 Å². The third-order valence-corrected chi connectivity index (χ3v) is 6.18. The Morgan fingerprint density at radius 3 is 2.92 bits per heavy atom. The average molecular weight is 491 g/mol. The summed E-state index contributed by atoms with van der Waals surface area (Å²) < 4.78 is 11.7. The number of hydrogen-bond acceptors (Lipinski definition) is 4. The molecule has 1 fully saturated rings. The first-order chi connectivity index (χ1) is 12.2.